The van der Waals surface area contributed by atoms with Crippen molar-refractivity contribution >= 4 is 44.9 Å². The van der Waals surface area contributed by atoms with E-state index in [2.05, 4.69) is 28.5 Å². The van der Waals surface area contributed by atoms with E-state index in [4.69, 9.17) is 9.72 Å². The lowest BCUT2D eigenvalue weighted by Gasteiger charge is -2.16. The summed E-state index contributed by atoms with van der Waals surface area (Å²) >= 11 is 2.73. The summed E-state index contributed by atoms with van der Waals surface area (Å²) in [5.74, 6) is 0.438. The standard InChI is InChI=1S/C27H27N3O3S2/c1-3-22(24(31)28-20-10-6-7-11-21(20)33-2)35-27-29-25(32)23-19(15-34-26(23)30-27)18-13-12-16-8-4-5-9-17(16)14-18/h6-7,10-15,22H,3-5,8-9H2,1-2H3,(H,28,31)(H,29,30,32). The molecule has 0 spiro atoms. The Hall–Kier alpha value is -3.10. The van der Waals surface area contributed by atoms with Crippen molar-refractivity contribution in [2.75, 3.05) is 12.4 Å². The van der Waals surface area contributed by atoms with Crippen LogP contribution in [0.3, 0.4) is 0 Å². The van der Waals surface area contributed by atoms with Gasteiger partial charge in [0, 0.05) is 10.9 Å². The summed E-state index contributed by atoms with van der Waals surface area (Å²) in [6.07, 6.45) is 5.26. The van der Waals surface area contributed by atoms with Crippen LogP contribution < -0.4 is 15.6 Å². The number of nitrogens with one attached hydrogen (secondary N) is 2. The highest BCUT2D eigenvalue weighted by Crippen LogP contribution is 2.35. The number of para-hydroxylation sites is 2. The second-order valence-electron chi connectivity index (χ2n) is 8.60. The topological polar surface area (TPSA) is 84.1 Å². The molecule has 1 amide bonds. The first kappa shape index (κ1) is 23.6. The van der Waals surface area contributed by atoms with E-state index in [1.807, 2.05) is 24.4 Å². The van der Waals surface area contributed by atoms with Crippen LogP contribution in [0.5, 0.6) is 5.75 Å². The number of hydrogen-bond acceptors (Lipinski definition) is 6. The van der Waals surface area contributed by atoms with Crippen molar-refractivity contribution in [3.05, 3.63) is 69.3 Å². The normalized spacial score (nSPS) is 13.9. The quantitative estimate of drug-likeness (QED) is 0.236. The molecule has 1 unspecified atom stereocenters. The van der Waals surface area contributed by atoms with Gasteiger partial charge in [-0.05, 0) is 60.9 Å². The number of H-pyrrole nitrogens is 1. The Balaban J connectivity index is 1.40. The van der Waals surface area contributed by atoms with Crippen molar-refractivity contribution < 1.29 is 9.53 Å². The maximum Gasteiger partial charge on any atom is 0.260 e. The molecule has 0 aliphatic heterocycles. The average Bonchev–Trinajstić information content (AvgIpc) is 3.32. The summed E-state index contributed by atoms with van der Waals surface area (Å²) in [6.45, 7) is 1.94. The number of ether oxygens (including phenoxy) is 1. The molecule has 2 N–H and O–H groups in total. The van der Waals surface area contributed by atoms with E-state index in [0.717, 1.165) is 24.0 Å². The number of carbonyl (C=O) groups is 1. The number of amides is 1. The zero-order chi connectivity index (χ0) is 24.4. The van der Waals surface area contributed by atoms with Gasteiger partial charge in [-0.25, -0.2) is 4.98 Å². The number of aryl methyl sites for hydroxylation is 2. The molecule has 8 heteroatoms. The molecular formula is C27H27N3O3S2. The van der Waals surface area contributed by atoms with Gasteiger partial charge in [0.2, 0.25) is 5.91 Å². The van der Waals surface area contributed by atoms with Crippen LogP contribution in [0, 0.1) is 0 Å². The molecule has 0 saturated carbocycles. The lowest BCUT2D eigenvalue weighted by molar-refractivity contribution is -0.115. The summed E-state index contributed by atoms with van der Waals surface area (Å²) in [6, 6.07) is 13.8. The van der Waals surface area contributed by atoms with E-state index in [0.29, 0.717) is 33.2 Å². The van der Waals surface area contributed by atoms with Gasteiger partial charge in [-0.3, -0.25) is 9.59 Å². The van der Waals surface area contributed by atoms with Gasteiger partial charge in [-0.1, -0.05) is 49.0 Å². The van der Waals surface area contributed by atoms with E-state index in [9.17, 15) is 9.59 Å². The highest BCUT2D eigenvalue weighted by molar-refractivity contribution is 8.00. The highest BCUT2D eigenvalue weighted by Gasteiger charge is 2.22. The monoisotopic (exact) mass is 505 g/mol. The number of rotatable bonds is 7. The zero-order valence-corrected chi connectivity index (χ0v) is 21.4. The second-order valence-corrected chi connectivity index (χ2v) is 10.6. The molecule has 0 bridgehead atoms. The molecule has 35 heavy (non-hydrogen) atoms. The number of fused-ring (bicyclic) bond motifs is 2. The first-order valence-electron chi connectivity index (χ1n) is 11.8. The van der Waals surface area contributed by atoms with E-state index in [1.165, 1.54) is 47.1 Å². The summed E-state index contributed by atoms with van der Waals surface area (Å²) in [7, 11) is 1.57. The molecule has 5 rings (SSSR count). The summed E-state index contributed by atoms with van der Waals surface area (Å²) in [4.78, 5) is 34.4. The lowest BCUT2D eigenvalue weighted by Crippen LogP contribution is -2.25. The molecule has 0 saturated heterocycles. The number of thiophene rings is 1. The fourth-order valence-corrected chi connectivity index (χ4v) is 6.42. The van der Waals surface area contributed by atoms with Crippen molar-refractivity contribution in [3.63, 3.8) is 0 Å². The Morgan fingerprint density at radius 3 is 2.80 bits per heavy atom. The van der Waals surface area contributed by atoms with Gasteiger partial charge in [0.15, 0.2) is 5.16 Å². The predicted molar refractivity (Wildman–Crippen MR) is 144 cm³/mol. The summed E-state index contributed by atoms with van der Waals surface area (Å²) < 4.78 is 5.33. The molecule has 6 nitrogen and oxygen atoms in total. The van der Waals surface area contributed by atoms with Crippen LogP contribution in [0.2, 0.25) is 0 Å². The Morgan fingerprint density at radius 1 is 1.20 bits per heavy atom. The molecule has 2 aromatic heterocycles. The van der Waals surface area contributed by atoms with Crippen LogP contribution in [0.4, 0.5) is 5.69 Å². The van der Waals surface area contributed by atoms with Crippen LogP contribution in [0.1, 0.15) is 37.3 Å². The van der Waals surface area contributed by atoms with Crippen molar-refractivity contribution in [2.24, 2.45) is 0 Å². The third-order valence-corrected chi connectivity index (χ3v) is 8.48. The third kappa shape index (κ3) is 4.86. The number of thioether (sulfide) groups is 1. The third-order valence-electron chi connectivity index (χ3n) is 6.36. The van der Waals surface area contributed by atoms with Crippen LogP contribution in [-0.2, 0) is 17.6 Å². The molecule has 1 aliphatic rings. The van der Waals surface area contributed by atoms with Crippen molar-refractivity contribution in [3.8, 4) is 16.9 Å². The van der Waals surface area contributed by atoms with Gasteiger partial charge in [0.25, 0.3) is 5.56 Å². The van der Waals surface area contributed by atoms with Crippen LogP contribution in [0.15, 0.2) is 57.8 Å². The van der Waals surface area contributed by atoms with Gasteiger partial charge in [-0.2, -0.15) is 0 Å². The fourth-order valence-electron chi connectivity index (χ4n) is 4.52. The number of aromatic nitrogens is 2. The van der Waals surface area contributed by atoms with Crippen LogP contribution >= 0.6 is 23.1 Å². The van der Waals surface area contributed by atoms with Crippen molar-refractivity contribution in [1.82, 2.24) is 9.97 Å². The maximum atomic E-state index is 13.1. The number of methoxy groups -OCH3 is 1. The molecule has 0 fully saturated rings. The fraction of sp³-hybridized carbons (Fsp3) is 0.296. The first-order chi connectivity index (χ1) is 17.1. The average molecular weight is 506 g/mol. The van der Waals surface area contributed by atoms with Gasteiger partial charge in [-0.15, -0.1) is 11.3 Å². The Morgan fingerprint density at radius 2 is 2.00 bits per heavy atom. The molecule has 4 aromatic rings. The Bertz CT molecular complexity index is 1440. The Labute approximate surface area is 212 Å². The second kappa shape index (κ2) is 10.3. The minimum absolute atomic E-state index is 0.161. The minimum atomic E-state index is -0.416. The molecule has 1 aliphatic carbocycles. The number of nitrogens with zero attached hydrogens (tertiary/aromatic N) is 1. The maximum absolute atomic E-state index is 13.1. The van der Waals surface area contributed by atoms with Gasteiger partial charge < -0.3 is 15.0 Å². The molecule has 180 valence electrons. The first-order valence-corrected chi connectivity index (χ1v) is 13.6. The van der Waals surface area contributed by atoms with E-state index in [-0.39, 0.29) is 11.5 Å². The van der Waals surface area contributed by atoms with Crippen LogP contribution in [-0.4, -0.2) is 28.2 Å². The highest BCUT2D eigenvalue weighted by atomic mass is 32.2. The lowest BCUT2D eigenvalue weighted by atomic mass is 9.89. The van der Waals surface area contributed by atoms with E-state index in [1.54, 1.807) is 19.2 Å². The molecular weight excluding hydrogens is 478 g/mol. The molecule has 2 heterocycles. The SMILES string of the molecule is CCC(Sc1nc2scc(-c3ccc4c(c3)CCCC4)c2c(=O)[nH]1)C(=O)Nc1ccccc1OC. The van der Waals surface area contributed by atoms with E-state index >= 15 is 0 Å². The van der Waals surface area contributed by atoms with Gasteiger partial charge >= 0.3 is 0 Å². The van der Waals surface area contributed by atoms with Crippen LogP contribution in [0.25, 0.3) is 21.3 Å². The van der Waals surface area contributed by atoms with Crippen molar-refractivity contribution in [1.29, 1.82) is 0 Å². The number of aromatic amines is 1. The van der Waals surface area contributed by atoms with Crippen molar-refractivity contribution in [2.45, 2.75) is 49.4 Å². The number of benzene rings is 2. The summed E-state index contributed by atoms with van der Waals surface area (Å²) in [5.41, 5.74) is 5.23. The van der Waals surface area contributed by atoms with Gasteiger partial charge in [0.1, 0.15) is 10.6 Å². The number of carbonyl (C=O) groups excluding carboxylic acids is 1. The molecule has 1 atom stereocenters. The molecule has 2 aromatic carbocycles. The minimum Gasteiger partial charge on any atom is -0.495 e. The predicted octanol–water partition coefficient (Wildman–Crippen LogP) is 6.05. The summed E-state index contributed by atoms with van der Waals surface area (Å²) in [5, 5.41) is 5.59. The van der Waals surface area contributed by atoms with E-state index < -0.39 is 5.25 Å². The number of anilines is 1. The smallest absolute Gasteiger partial charge is 0.260 e. The Kier molecular flexibility index (Phi) is 6.92. The molecule has 0 radical (unpaired) electrons. The van der Waals surface area contributed by atoms with Gasteiger partial charge in [0.05, 0.1) is 23.4 Å². The zero-order valence-electron chi connectivity index (χ0n) is 19.7. The number of hydrogen-bond donors (Lipinski definition) is 2. The largest absolute Gasteiger partial charge is 0.495 e.